The van der Waals surface area contributed by atoms with Crippen LogP contribution in [-0.2, 0) is 7.05 Å². The van der Waals surface area contributed by atoms with E-state index in [-0.39, 0.29) is 5.39 Å². The molecule has 1 heterocycles. The van der Waals surface area contributed by atoms with E-state index < -0.39 is 11.4 Å². The Kier molecular flexibility index (Phi) is 2.47. The maximum atomic E-state index is 11.4. The molecule has 0 fully saturated rings. The molecule has 2 rings (SSSR count). The first kappa shape index (κ1) is 10.8. The number of methoxy groups -OCH3 is 1. The van der Waals surface area contributed by atoms with Crippen LogP contribution in [0.15, 0.2) is 26.1 Å². The van der Waals surface area contributed by atoms with Crippen molar-refractivity contribution in [2.75, 3.05) is 7.11 Å². The minimum Gasteiger partial charge on any atom is -0.495 e. The summed E-state index contributed by atoms with van der Waals surface area (Å²) >= 11 is 5.87. The van der Waals surface area contributed by atoms with Gasteiger partial charge in [0.25, 0.3) is 0 Å². The van der Waals surface area contributed by atoms with E-state index in [1.165, 1.54) is 30.9 Å². The van der Waals surface area contributed by atoms with E-state index in [2.05, 4.69) is 4.42 Å². The zero-order valence-electron chi connectivity index (χ0n) is 8.61. The van der Waals surface area contributed by atoms with Crippen molar-refractivity contribution in [2.45, 2.75) is 0 Å². The molecule has 0 aliphatic carbocycles. The van der Waals surface area contributed by atoms with Crippen molar-refractivity contribution in [2.24, 2.45) is 7.05 Å². The van der Waals surface area contributed by atoms with Gasteiger partial charge in [-0.3, -0.25) is 4.57 Å². The molecule has 0 N–H and O–H groups in total. The third kappa shape index (κ3) is 1.49. The standard InChI is InChI=1S/C10H8ClNO4/c1-12-7-4-8(15-2)6(11)3-5(7)9(13)16-10(12)14/h3-4H,1-2H3. The molecule has 0 atom stereocenters. The lowest BCUT2D eigenvalue weighted by atomic mass is 10.2. The van der Waals surface area contributed by atoms with Crippen LogP contribution in [0.25, 0.3) is 10.9 Å². The summed E-state index contributed by atoms with van der Waals surface area (Å²) < 4.78 is 10.7. The lowest BCUT2D eigenvalue weighted by Gasteiger charge is -2.06. The molecule has 5 nitrogen and oxygen atoms in total. The number of hydrogen-bond donors (Lipinski definition) is 0. The highest BCUT2D eigenvalue weighted by Gasteiger charge is 2.10. The quantitative estimate of drug-likeness (QED) is 0.752. The Morgan fingerprint density at radius 3 is 2.69 bits per heavy atom. The Morgan fingerprint density at radius 1 is 1.38 bits per heavy atom. The predicted octanol–water partition coefficient (Wildman–Crippen LogP) is 1.15. The second kappa shape index (κ2) is 3.68. The first-order valence-electron chi connectivity index (χ1n) is 4.42. The van der Waals surface area contributed by atoms with Crippen molar-refractivity contribution < 1.29 is 9.15 Å². The van der Waals surface area contributed by atoms with E-state index in [0.29, 0.717) is 16.3 Å². The summed E-state index contributed by atoms with van der Waals surface area (Å²) in [5.41, 5.74) is -0.287. The van der Waals surface area contributed by atoms with Gasteiger partial charge in [0.2, 0.25) is 0 Å². The minimum atomic E-state index is -0.720. The molecular weight excluding hydrogens is 234 g/mol. The van der Waals surface area contributed by atoms with Gasteiger partial charge in [0, 0.05) is 13.1 Å². The average Bonchev–Trinajstić information content (AvgIpc) is 2.25. The molecule has 0 aliphatic rings. The fourth-order valence-electron chi connectivity index (χ4n) is 1.44. The Morgan fingerprint density at radius 2 is 2.06 bits per heavy atom. The van der Waals surface area contributed by atoms with Gasteiger partial charge < -0.3 is 9.15 Å². The number of nitrogens with zero attached hydrogens (tertiary/aromatic N) is 1. The van der Waals surface area contributed by atoms with Crippen molar-refractivity contribution >= 4 is 22.5 Å². The Balaban J connectivity index is 3.02. The molecule has 0 amide bonds. The van der Waals surface area contributed by atoms with Crippen molar-refractivity contribution in [3.63, 3.8) is 0 Å². The molecule has 0 aliphatic heterocycles. The largest absolute Gasteiger partial charge is 0.495 e. The number of aryl methyl sites for hydroxylation is 1. The molecule has 6 heteroatoms. The summed E-state index contributed by atoms with van der Waals surface area (Å²) in [6, 6.07) is 2.94. The van der Waals surface area contributed by atoms with Gasteiger partial charge >= 0.3 is 11.4 Å². The van der Waals surface area contributed by atoms with Crippen LogP contribution in [0.1, 0.15) is 0 Å². The van der Waals surface area contributed by atoms with Crippen LogP contribution in [0, 0.1) is 0 Å². The first-order chi connectivity index (χ1) is 7.54. The number of rotatable bonds is 1. The van der Waals surface area contributed by atoms with Gasteiger partial charge in [0.1, 0.15) is 5.75 Å². The highest BCUT2D eigenvalue weighted by Crippen LogP contribution is 2.27. The van der Waals surface area contributed by atoms with Gasteiger partial charge in [-0.1, -0.05) is 11.6 Å². The highest BCUT2D eigenvalue weighted by molar-refractivity contribution is 6.32. The maximum Gasteiger partial charge on any atom is 0.422 e. The van der Waals surface area contributed by atoms with Crippen LogP contribution in [0.4, 0.5) is 0 Å². The van der Waals surface area contributed by atoms with E-state index in [0.717, 1.165) is 0 Å². The van der Waals surface area contributed by atoms with Gasteiger partial charge in [0.15, 0.2) is 0 Å². The van der Waals surface area contributed by atoms with Crippen molar-refractivity contribution in [1.82, 2.24) is 4.57 Å². The van der Waals surface area contributed by atoms with E-state index in [1.807, 2.05) is 0 Å². The topological polar surface area (TPSA) is 61.4 Å². The Labute approximate surface area is 94.8 Å². The fourth-order valence-corrected chi connectivity index (χ4v) is 1.68. The van der Waals surface area contributed by atoms with E-state index >= 15 is 0 Å². The highest BCUT2D eigenvalue weighted by atomic mass is 35.5. The lowest BCUT2D eigenvalue weighted by molar-refractivity contribution is 0.413. The zero-order valence-corrected chi connectivity index (χ0v) is 9.37. The molecule has 2 aromatic rings. The third-order valence-corrected chi connectivity index (χ3v) is 2.60. The molecule has 0 radical (unpaired) electrons. The van der Waals surface area contributed by atoms with Gasteiger partial charge in [-0.2, -0.15) is 0 Å². The predicted molar refractivity (Wildman–Crippen MR) is 59.3 cm³/mol. The molecule has 0 bridgehead atoms. The maximum absolute atomic E-state index is 11.4. The number of halogens is 1. The molecule has 16 heavy (non-hydrogen) atoms. The van der Waals surface area contributed by atoms with Crippen LogP contribution < -0.4 is 16.1 Å². The van der Waals surface area contributed by atoms with Crippen LogP contribution in [0.2, 0.25) is 5.02 Å². The van der Waals surface area contributed by atoms with Crippen LogP contribution >= 0.6 is 11.6 Å². The lowest BCUT2D eigenvalue weighted by Crippen LogP contribution is -2.22. The molecule has 84 valence electrons. The SMILES string of the molecule is COc1cc2c(cc1Cl)c(=O)oc(=O)n2C. The van der Waals surface area contributed by atoms with Crippen molar-refractivity contribution in [3.05, 3.63) is 38.1 Å². The summed E-state index contributed by atoms with van der Waals surface area (Å²) in [6.07, 6.45) is 0. The van der Waals surface area contributed by atoms with Gasteiger partial charge in [-0.15, -0.1) is 0 Å². The number of benzene rings is 1. The summed E-state index contributed by atoms with van der Waals surface area (Å²) in [5.74, 6) is -0.323. The molecule has 0 saturated carbocycles. The van der Waals surface area contributed by atoms with Crippen LogP contribution in [0.5, 0.6) is 5.75 Å². The minimum absolute atomic E-state index is 0.243. The second-order valence-electron chi connectivity index (χ2n) is 3.22. The van der Waals surface area contributed by atoms with E-state index in [9.17, 15) is 9.59 Å². The number of fused-ring (bicyclic) bond motifs is 1. The summed E-state index contributed by atoms with van der Waals surface area (Å²) in [6.45, 7) is 0. The van der Waals surface area contributed by atoms with Crippen LogP contribution in [0.3, 0.4) is 0 Å². The molecular formula is C10H8ClNO4. The summed E-state index contributed by atoms with van der Waals surface area (Å²) in [5, 5.41) is 0.536. The first-order valence-corrected chi connectivity index (χ1v) is 4.79. The summed E-state index contributed by atoms with van der Waals surface area (Å²) in [7, 11) is 2.96. The molecule has 0 spiro atoms. The second-order valence-corrected chi connectivity index (χ2v) is 3.63. The number of aromatic nitrogens is 1. The van der Waals surface area contributed by atoms with Crippen molar-refractivity contribution in [3.8, 4) is 5.75 Å². The van der Waals surface area contributed by atoms with E-state index in [1.54, 1.807) is 0 Å². The van der Waals surface area contributed by atoms with Crippen LogP contribution in [-0.4, -0.2) is 11.7 Å². The molecule has 1 aromatic carbocycles. The normalized spacial score (nSPS) is 10.7. The fraction of sp³-hybridized carbons (Fsp3) is 0.200. The summed E-state index contributed by atoms with van der Waals surface area (Å²) in [4.78, 5) is 22.7. The molecule has 0 saturated heterocycles. The number of hydrogen-bond acceptors (Lipinski definition) is 4. The average molecular weight is 242 g/mol. The Bertz CT molecular complexity index is 671. The molecule has 1 aromatic heterocycles. The zero-order chi connectivity index (χ0) is 11.9. The van der Waals surface area contributed by atoms with E-state index in [4.69, 9.17) is 16.3 Å². The van der Waals surface area contributed by atoms with Gasteiger partial charge in [-0.25, -0.2) is 9.59 Å². The smallest absolute Gasteiger partial charge is 0.422 e. The molecule has 0 unspecified atom stereocenters. The van der Waals surface area contributed by atoms with Gasteiger partial charge in [-0.05, 0) is 6.07 Å². The third-order valence-electron chi connectivity index (χ3n) is 2.31. The monoisotopic (exact) mass is 241 g/mol. The van der Waals surface area contributed by atoms with Crippen molar-refractivity contribution in [1.29, 1.82) is 0 Å². The number of ether oxygens (including phenoxy) is 1. The van der Waals surface area contributed by atoms with Gasteiger partial charge in [0.05, 0.1) is 23.0 Å². The Hall–Kier alpha value is -1.75.